The predicted octanol–water partition coefficient (Wildman–Crippen LogP) is 0.598. The third-order valence-corrected chi connectivity index (χ3v) is 4.21. The van der Waals surface area contributed by atoms with Crippen LogP contribution in [-0.2, 0) is 11.3 Å². The number of nitrogens with zero attached hydrogens (tertiary/aromatic N) is 3. The molecule has 1 saturated heterocycles. The van der Waals surface area contributed by atoms with Crippen molar-refractivity contribution in [3.05, 3.63) is 35.4 Å². The molecule has 1 aromatic carbocycles. The fourth-order valence-electron chi connectivity index (χ4n) is 2.82. The second-order valence-electron chi connectivity index (χ2n) is 6.29. The highest BCUT2D eigenvalue weighted by molar-refractivity contribution is 5.94. The zero-order valence-corrected chi connectivity index (χ0v) is 14.4. The molecule has 0 aromatic heterocycles. The van der Waals surface area contributed by atoms with Gasteiger partial charge in [0.2, 0.25) is 5.91 Å². The molecule has 6 heteroatoms. The van der Waals surface area contributed by atoms with Crippen LogP contribution in [0.2, 0.25) is 0 Å². The van der Waals surface area contributed by atoms with E-state index < -0.39 is 0 Å². The van der Waals surface area contributed by atoms with E-state index in [0.717, 1.165) is 18.7 Å². The van der Waals surface area contributed by atoms with E-state index in [2.05, 4.69) is 22.2 Å². The maximum absolute atomic E-state index is 12.8. The molecule has 1 N–H and O–H groups in total. The van der Waals surface area contributed by atoms with Gasteiger partial charge < -0.3 is 10.2 Å². The van der Waals surface area contributed by atoms with Gasteiger partial charge in [0.05, 0.1) is 6.17 Å². The van der Waals surface area contributed by atoms with Crippen LogP contribution < -0.4 is 5.32 Å². The van der Waals surface area contributed by atoms with Crippen LogP contribution in [0, 0.1) is 0 Å². The Morgan fingerprint density at radius 1 is 1.30 bits per heavy atom. The molecule has 126 valence electrons. The van der Waals surface area contributed by atoms with Crippen molar-refractivity contribution in [1.82, 2.24) is 20.0 Å². The van der Waals surface area contributed by atoms with Gasteiger partial charge in [0.25, 0.3) is 5.91 Å². The normalized spacial score (nSPS) is 19.0. The largest absolute Gasteiger partial charge is 0.352 e. The lowest BCUT2D eigenvalue weighted by Crippen LogP contribution is -2.58. The Balaban J connectivity index is 2.08. The molecule has 0 bridgehead atoms. The van der Waals surface area contributed by atoms with Crippen LogP contribution in [0.1, 0.15) is 22.8 Å². The molecule has 0 spiro atoms. The van der Waals surface area contributed by atoms with Crippen molar-refractivity contribution in [3.63, 3.8) is 0 Å². The number of rotatable bonds is 4. The summed E-state index contributed by atoms with van der Waals surface area (Å²) in [7, 11) is 6.15. The highest BCUT2D eigenvalue weighted by atomic mass is 16.2. The number of likely N-dealkylation sites (N-methyl/N-ethyl adjacent to an activating group) is 2. The minimum Gasteiger partial charge on any atom is -0.352 e. The minimum absolute atomic E-state index is 0.0506. The topological polar surface area (TPSA) is 55.9 Å². The molecule has 0 radical (unpaired) electrons. The number of hydrogen-bond acceptors (Lipinski definition) is 4. The Kier molecular flexibility index (Phi) is 5.74. The molecular weight excluding hydrogens is 292 g/mol. The van der Waals surface area contributed by atoms with E-state index in [1.54, 1.807) is 0 Å². The third kappa shape index (κ3) is 4.53. The molecule has 23 heavy (non-hydrogen) atoms. The van der Waals surface area contributed by atoms with Crippen LogP contribution in [-0.4, -0.2) is 73.5 Å². The number of carbonyl (C=O) groups is 2. The van der Waals surface area contributed by atoms with E-state index in [-0.39, 0.29) is 18.0 Å². The second kappa shape index (κ2) is 7.57. The second-order valence-corrected chi connectivity index (χ2v) is 6.29. The lowest BCUT2D eigenvalue weighted by Gasteiger charge is -2.42. The van der Waals surface area contributed by atoms with Crippen molar-refractivity contribution < 1.29 is 9.59 Å². The summed E-state index contributed by atoms with van der Waals surface area (Å²) in [5.41, 5.74) is 1.61. The summed E-state index contributed by atoms with van der Waals surface area (Å²) in [6.45, 7) is 4.22. The maximum Gasteiger partial charge on any atom is 0.254 e. The molecule has 1 aromatic rings. The van der Waals surface area contributed by atoms with Gasteiger partial charge in [-0.15, -0.1) is 0 Å². The average Bonchev–Trinajstić information content (AvgIpc) is 2.52. The van der Waals surface area contributed by atoms with E-state index in [1.807, 2.05) is 43.3 Å². The lowest BCUT2D eigenvalue weighted by atomic mass is 10.1. The quantitative estimate of drug-likeness (QED) is 0.883. The van der Waals surface area contributed by atoms with E-state index >= 15 is 0 Å². The van der Waals surface area contributed by atoms with E-state index in [9.17, 15) is 9.59 Å². The first kappa shape index (κ1) is 17.4. The predicted molar refractivity (Wildman–Crippen MR) is 90.0 cm³/mol. The van der Waals surface area contributed by atoms with Crippen LogP contribution in [0.3, 0.4) is 0 Å². The highest BCUT2D eigenvalue weighted by Crippen LogP contribution is 2.14. The highest BCUT2D eigenvalue weighted by Gasteiger charge is 2.29. The van der Waals surface area contributed by atoms with Crippen LogP contribution in [0.4, 0.5) is 0 Å². The van der Waals surface area contributed by atoms with Gasteiger partial charge in [-0.2, -0.15) is 0 Å². The Bertz CT molecular complexity index is 573. The van der Waals surface area contributed by atoms with Crippen molar-refractivity contribution in [3.8, 4) is 0 Å². The summed E-state index contributed by atoms with van der Waals surface area (Å²) < 4.78 is 0. The van der Waals surface area contributed by atoms with Gasteiger partial charge in [-0.25, -0.2) is 0 Å². The Labute approximate surface area is 138 Å². The minimum atomic E-state index is -0.0744. The van der Waals surface area contributed by atoms with E-state index in [4.69, 9.17) is 0 Å². The Hall–Kier alpha value is -1.92. The van der Waals surface area contributed by atoms with Crippen LogP contribution in [0.15, 0.2) is 24.3 Å². The van der Waals surface area contributed by atoms with Crippen molar-refractivity contribution in [2.24, 2.45) is 0 Å². The van der Waals surface area contributed by atoms with Crippen molar-refractivity contribution in [2.75, 3.05) is 40.8 Å². The van der Waals surface area contributed by atoms with Gasteiger partial charge in [-0.05, 0) is 38.8 Å². The van der Waals surface area contributed by atoms with Gasteiger partial charge in [-0.1, -0.05) is 12.1 Å². The number of hydrogen-bond donors (Lipinski definition) is 1. The van der Waals surface area contributed by atoms with Crippen LogP contribution >= 0.6 is 0 Å². The number of piperazine rings is 1. The first-order chi connectivity index (χ1) is 10.9. The Morgan fingerprint density at radius 2 is 2.04 bits per heavy atom. The molecule has 0 saturated carbocycles. The van der Waals surface area contributed by atoms with Gasteiger partial charge in [0.1, 0.15) is 0 Å². The molecule has 2 amide bonds. The monoisotopic (exact) mass is 318 g/mol. The van der Waals surface area contributed by atoms with Gasteiger partial charge in [0.15, 0.2) is 0 Å². The maximum atomic E-state index is 12.8. The molecule has 0 aliphatic carbocycles. The summed E-state index contributed by atoms with van der Waals surface area (Å²) in [5, 5.41) is 2.76. The molecule has 1 heterocycles. The average molecular weight is 318 g/mol. The van der Waals surface area contributed by atoms with Crippen LogP contribution in [0.25, 0.3) is 0 Å². The summed E-state index contributed by atoms with van der Waals surface area (Å²) in [6, 6.07) is 7.48. The van der Waals surface area contributed by atoms with Gasteiger partial charge in [0, 0.05) is 38.7 Å². The summed E-state index contributed by atoms with van der Waals surface area (Å²) >= 11 is 0. The SMILES string of the molecule is CC(=O)NCc1cccc(C(=O)N2CCN(C)C(N(C)C)C2)c1. The van der Waals surface area contributed by atoms with Gasteiger partial charge >= 0.3 is 0 Å². The smallest absolute Gasteiger partial charge is 0.254 e. The van der Waals surface area contributed by atoms with Gasteiger partial charge in [-0.3, -0.25) is 19.4 Å². The van der Waals surface area contributed by atoms with Crippen molar-refractivity contribution in [2.45, 2.75) is 19.6 Å². The number of benzene rings is 1. The standard InChI is InChI=1S/C17H26N4O2/c1-13(22)18-11-14-6-5-7-15(10-14)17(23)21-9-8-20(4)16(12-21)19(2)3/h5-7,10,16H,8-9,11-12H2,1-4H3,(H,18,22). The Morgan fingerprint density at radius 3 is 2.70 bits per heavy atom. The fourth-order valence-corrected chi connectivity index (χ4v) is 2.82. The first-order valence-corrected chi connectivity index (χ1v) is 7.88. The van der Waals surface area contributed by atoms with Crippen molar-refractivity contribution >= 4 is 11.8 Å². The lowest BCUT2D eigenvalue weighted by molar-refractivity contribution is -0.119. The van der Waals surface area contributed by atoms with E-state index in [1.165, 1.54) is 6.92 Å². The van der Waals surface area contributed by atoms with Crippen molar-refractivity contribution in [1.29, 1.82) is 0 Å². The molecule has 6 nitrogen and oxygen atoms in total. The third-order valence-electron chi connectivity index (χ3n) is 4.21. The molecule has 1 fully saturated rings. The first-order valence-electron chi connectivity index (χ1n) is 7.88. The molecule has 2 rings (SSSR count). The zero-order valence-electron chi connectivity index (χ0n) is 14.4. The molecule has 1 aliphatic rings. The van der Waals surface area contributed by atoms with E-state index in [0.29, 0.717) is 18.7 Å². The number of nitrogens with one attached hydrogen (secondary N) is 1. The molecule has 1 atom stereocenters. The molecule has 1 unspecified atom stereocenters. The number of carbonyl (C=O) groups excluding carboxylic acids is 2. The zero-order chi connectivity index (χ0) is 17.0. The molecular formula is C17H26N4O2. The summed E-state index contributed by atoms with van der Waals surface area (Å²) in [6.07, 6.45) is 0.232. The summed E-state index contributed by atoms with van der Waals surface area (Å²) in [5.74, 6) is -0.0238. The summed E-state index contributed by atoms with van der Waals surface area (Å²) in [4.78, 5) is 30.1. The number of amides is 2. The molecule has 1 aliphatic heterocycles. The van der Waals surface area contributed by atoms with Crippen LogP contribution in [0.5, 0.6) is 0 Å². The fraction of sp³-hybridized carbons (Fsp3) is 0.529.